The highest BCUT2D eigenvalue weighted by atomic mass is 32.2. The van der Waals surface area contributed by atoms with Gasteiger partial charge in [0.25, 0.3) is 0 Å². The molecule has 0 unspecified atom stereocenters. The third-order valence-corrected chi connectivity index (χ3v) is 7.80. The van der Waals surface area contributed by atoms with Crippen molar-refractivity contribution in [1.82, 2.24) is 14.9 Å². The molecule has 0 atom stereocenters. The highest BCUT2D eigenvalue weighted by Gasteiger charge is 2.27. The maximum atomic E-state index is 12.4. The topological polar surface area (TPSA) is 73.8 Å². The Labute approximate surface area is 157 Å². The number of sulfonamides is 1. The smallest absolute Gasteiger partial charge is 0.215 e. The first-order valence-electron chi connectivity index (χ1n) is 9.43. The first-order valence-corrected chi connectivity index (χ1v) is 12.2. The fourth-order valence-electron chi connectivity index (χ4n) is 3.28. The summed E-state index contributed by atoms with van der Waals surface area (Å²) in [6, 6.07) is 0.432. The van der Waals surface area contributed by atoms with Crippen LogP contribution in [-0.2, 0) is 10.0 Å². The van der Waals surface area contributed by atoms with Gasteiger partial charge in [0.15, 0.2) is 5.96 Å². The quantitative estimate of drug-likeness (QED) is 0.535. The van der Waals surface area contributed by atoms with E-state index in [1.165, 1.54) is 12.8 Å². The molecule has 2 N–H and O–H groups in total. The molecule has 8 heteroatoms. The Hall–Kier alpha value is -0.470. The Bertz CT molecular complexity index is 533. The zero-order valence-electron chi connectivity index (χ0n) is 15.9. The van der Waals surface area contributed by atoms with E-state index in [-0.39, 0.29) is 5.75 Å². The molecule has 0 bridgehead atoms. The van der Waals surface area contributed by atoms with Gasteiger partial charge in [-0.1, -0.05) is 13.8 Å². The van der Waals surface area contributed by atoms with Crippen LogP contribution in [0.1, 0.15) is 46.5 Å². The molecular weight excluding hydrogens is 356 g/mol. The van der Waals surface area contributed by atoms with E-state index in [0.29, 0.717) is 31.1 Å². The summed E-state index contributed by atoms with van der Waals surface area (Å²) >= 11 is 1.82. The molecule has 2 rings (SSSR count). The third kappa shape index (κ3) is 6.98. The van der Waals surface area contributed by atoms with Crippen LogP contribution >= 0.6 is 11.8 Å². The number of nitrogens with zero attached hydrogens (tertiary/aromatic N) is 2. The number of thioether (sulfide) groups is 1. The molecule has 1 heterocycles. The third-order valence-electron chi connectivity index (χ3n) is 5.01. The summed E-state index contributed by atoms with van der Waals surface area (Å²) in [6.07, 6.45) is 4.71. The van der Waals surface area contributed by atoms with Crippen LogP contribution in [-0.4, -0.2) is 68.2 Å². The van der Waals surface area contributed by atoms with Crippen LogP contribution < -0.4 is 10.6 Å². The highest BCUT2D eigenvalue weighted by molar-refractivity contribution is 7.99. The summed E-state index contributed by atoms with van der Waals surface area (Å²) in [7, 11) is -3.19. The van der Waals surface area contributed by atoms with Gasteiger partial charge in [-0.05, 0) is 38.0 Å². The van der Waals surface area contributed by atoms with E-state index >= 15 is 0 Å². The summed E-state index contributed by atoms with van der Waals surface area (Å²) in [5.74, 6) is 2.62. The molecule has 146 valence electrons. The molecule has 1 aliphatic heterocycles. The van der Waals surface area contributed by atoms with Crippen molar-refractivity contribution in [3.63, 3.8) is 0 Å². The molecule has 1 saturated carbocycles. The van der Waals surface area contributed by atoms with Gasteiger partial charge in [-0.3, -0.25) is 4.99 Å². The lowest BCUT2D eigenvalue weighted by Gasteiger charge is -2.35. The van der Waals surface area contributed by atoms with Gasteiger partial charge in [0.2, 0.25) is 10.0 Å². The summed E-state index contributed by atoms with van der Waals surface area (Å²) < 4.78 is 26.4. The predicted octanol–water partition coefficient (Wildman–Crippen LogP) is 1.89. The van der Waals surface area contributed by atoms with Crippen LogP contribution in [0.15, 0.2) is 4.99 Å². The van der Waals surface area contributed by atoms with Gasteiger partial charge in [-0.2, -0.15) is 11.8 Å². The molecule has 0 aromatic carbocycles. The number of hydrogen-bond acceptors (Lipinski definition) is 4. The number of rotatable bonds is 6. The maximum Gasteiger partial charge on any atom is 0.215 e. The molecule has 1 aliphatic carbocycles. The van der Waals surface area contributed by atoms with Gasteiger partial charge < -0.3 is 10.6 Å². The van der Waals surface area contributed by atoms with Crippen molar-refractivity contribution >= 4 is 27.7 Å². The van der Waals surface area contributed by atoms with E-state index in [2.05, 4.69) is 29.5 Å². The van der Waals surface area contributed by atoms with Crippen molar-refractivity contribution in [3.05, 3.63) is 0 Å². The lowest BCUT2D eigenvalue weighted by Crippen LogP contribution is -2.46. The zero-order valence-corrected chi connectivity index (χ0v) is 17.5. The van der Waals surface area contributed by atoms with Crippen molar-refractivity contribution in [2.45, 2.75) is 52.5 Å². The fraction of sp³-hybridized carbons (Fsp3) is 0.941. The summed E-state index contributed by atoms with van der Waals surface area (Å²) in [5, 5.41) is 6.73. The average Bonchev–Trinajstić information content (AvgIpc) is 2.57. The normalized spacial score (nSPS) is 23.4. The number of guanidine groups is 1. The van der Waals surface area contributed by atoms with Crippen LogP contribution in [0.25, 0.3) is 0 Å². The second-order valence-electron chi connectivity index (χ2n) is 7.67. The molecular formula is C17H34N4O2S2. The van der Waals surface area contributed by atoms with E-state index in [4.69, 9.17) is 0 Å². The van der Waals surface area contributed by atoms with Crippen molar-refractivity contribution < 1.29 is 8.42 Å². The second-order valence-corrected chi connectivity index (χ2v) is 11.0. The molecule has 0 spiro atoms. The minimum atomic E-state index is -3.19. The molecule has 0 aromatic heterocycles. The first-order chi connectivity index (χ1) is 11.8. The summed E-state index contributed by atoms with van der Waals surface area (Å²) in [4.78, 5) is 4.51. The number of nitrogens with one attached hydrogen (secondary N) is 2. The first kappa shape index (κ1) is 20.8. The largest absolute Gasteiger partial charge is 0.357 e. The monoisotopic (exact) mass is 390 g/mol. The predicted molar refractivity (Wildman–Crippen MR) is 108 cm³/mol. The van der Waals surface area contributed by atoms with Gasteiger partial charge in [0.1, 0.15) is 0 Å². The van der Waals surface area contributed by atoms with Crippen molar-refractivity contribution in [2.24, 2.45) is 10.4 Å². The molecule has 0 radical (unpaired) electrons. The Balaban J connectivity index is 1.84. The van der Waals surface area contributed by atoms with Gasteiger partial charge in [-0.25, -0.2) is 12.7 Å². The van der Waals surface area contributed by atoms with Crippen LogP contribution in [0, 0.1) is 5.41 Å². The fourth-order valence-corrected chi connectivity index (χ4v) is 5.74. The van der Waals surface area contributed by atoms with Gasteiger partial charge in [0, 0.05) is 37.2 Å². The van der Waals surface area contributed by atoms with Crippen LogP contribution in [0.3, 0.4) is 0 Å². The molecule has 2 fully saturated rings. The Morgan fingerprint density at radius 2 is 1.88 bits per heavy atom. The second kappa shape index (κ2) is 9.46. The maximum absolute atomic E-state index is 12.4. The molecule has 0 amide bonds. The standard InChI is InChI=1S/C17H34N4O2S2/c1-4-18-16(20-15-5-7-17(2,3)8-6-15)19-9-14-25(22,23)21-10-12-24-13-11-21/h15H,4-14H2,1-3H3,(H2,18,19,20). The Kier molecular flexibility index (Phi) is 7.89. The van der Waals surface area contributed by atoms with Gasteiger partial charge in [0.05, 0.1) is 12.3 Å². The minimum Gasteiger partial charge on any atom is -0.357 e. The Morgan fingerprint density at radius 1 is 1.24 bits per heavy atom. The van der Waals surface area contributed by atoms with E-state index in [1.54, 1.807) is 4.31 Å². The molecule has 6 nitrogen and oxygen atoms in total. The lowest BCUT2D eigenvalue weighted by molar-refractivity contribution is 0.216. The Morgan fingerprint density at radius 3 is 2.48 bits per heavy atom. The van der Waals surface area contributed by atoms with Crippen LogP contribution in [0.4, 0.5) is 0 Å². The van der Waals surface area contributed by atoms with Crippen molar-refractivity contribution in [3.8, 4) is 0 Å². The van der Waals surface area contributed by atoms with Crippen molar-refractivity contribution in [1.29, 1.82) is 0 Å². The van der Waals surface area contributed by atoms with Crippen LogP contribution in [0.5, 0.6) is 0 Å². The summed E-state index contributed by atoms with van der Waals surface area (Å²) in [5.41, 5.74) is 0.439. The van der Waals surface area contributed by atoms with E-state index in [0.717, 1.165) is 36.9 Å². The van der Waals surface area contributed by atoms with E-state index in [1.807, 2.05) is 18.7 Å². The van der Waals surface area contributed by atoms with E-state index < -0.39 is 10.0 Å². The minimum absolute atomic E-state index is 0.0892. The van der Waals surface area contributed by atoms with E-state index in [9.17, 15) is 8.42 Å². The molecule has 2 aliphatic rings. The van der Waals surface area contributed by atoms with Gasteiger partial charge >= 0.3 is 0 Å². The number of hydrogen-bond donors (Lipinski definition) is 2. The van der Waals surface area contributed by atoms with Gasteiger partial charge in [-0.15, -0.1) is 0 Å². The average molecular weight is 391 g/mol. The SMILES string of the molecule is CCNC(=NCCS(=O)(=O)N1CCSCC1)NC1CCC(C)(C)CC1. The highest BCUT2D eigenvalue weighted by Crippen LogP contribution is 2.34. The number of aliphatic imine (C=N–C) groups is 1. The summed E-state index contributed by atoms with van der Waals surface area (Å²) in [6.45, 7) is 9.03. The van der Waals surface area contributed by atoms with Crippen molar-refractivity contribution in [2.75, 3.05) is 43.4 Å². The molecule has 0 aromatic rings. The molecule has 1 saturated heterocycles. The molecule has 25 heavy (non-hydrogen) atoms. The van der Waals surface area contributed by atoms with Crippen LogP contribution in [0.2, 0.25) is 0 Å². The zero-order chi connectivity index (χ0) is 18.3. The lowest BCUT2D eigenvalue weighted by atomic mass is 9.75.